The molecule has 1 unspecified atom stereocenters. The van der Waals surface area contributed by atoms with E-state index in [0.29, 0.717) is 50.9 Å². The lowest BCUT2D eigenvalue weighted by atomic mass is 9.82. The van der Waals surface area contributed by atoms with Gasteiger partial charge in [0.2, 0.25) is 0 Å². The van der Waals surface area contributed by atoms with E-state index in [4.69, 9.17) is 14.2 Å². The fourth-order valence-corrected chi connectivity index (χ4v) is 6.75. The van der Waals surface area contributed by atoms with Gasteiger partial charge in [0, 0.05) is 39.3 Å². The third-order valence-corrected chi connectivity index (χ3v) is 10.0. The number of fused-ring (bicyclic) bond motifs is 1. The van der Waals surface area contributed by atoms with Gasteiger partial charge in [0.1, 0.15) is 23.0 Å². The summed E-state index contributed by atoms with van der Waals surface area (Å²) in [6.45, 7) is 8.70. The van der Waals surface area contributed by atoms with Gasteiger partial charge < -0.3 is 19.1 Å². The zero-order valence-electron chi connectivity index (χ0n) is 27.1. The van der Waals surface area contributed by atoms with Crippen molar-refractivity contribution >= 4 is 32.9 Å². The van der Waals surface area contributed by atoms with Gasteiger partial charge in [-0.1, -0.05) is 6.92 Å². The SMILES string of the molecule is CCN(C)S(=O)(=O)Nc1ccc(F)c(Oc2ccc3ncn(C4CCOC5(CCN(C(=O)OC(C)(C)C)CC5)C4)c(=O)c3c2)c1C#N. The van der Waals surface area contributed by atoms with Crippen LogP contribution < -0.4 is 15.0 Å². The summed E-state index contributed by atoms with van der Waals surface area (Å²) < 4.78 is 62.6. The third-order valence-electron chi connectivity index (χ3n) is 8.48. The molecule has 2 aliphatic heterocycles. The lowest BCUT2D eigenvalue weighted by Crippen LogP contribution is -2.52. The molecule has 0 saturated carbocycles. The van der Waals surface area contributed by atoms with Crippen LogP contribution in [0.4, 0.5) is 14.9 Å². The third kappa shape index (κ3) is 7.34. The molecule has 2 aromatic carbocycles. The average molecular weight is 671 g/mol. The van der Waals surface area contributed by atoms with Gasteiger partial charge >= 0.3 is 16.3 Å². The monoisotopic (exact) mass is 670 g/mol. The first-order chi connectivity index (χ1) is 22.1. The molecule has 0 bridgehead atoms. The summed E-state index contributed by atoms with van der Waals surface area (Å²) in [7, 11) is -2.64. The molecule has 1 N–H and O–H groups in total. The highest BCUT2D eigenvalue weighted by Crippen LogP contribution is 2.40. The molecule has 47 heavy (non-hydrogen) atoms. The fraction of sp³-hybridized carbons (Fsp3) is 0.500. The van der Waals surface area contributed by atoms with E-state index in [1.54, 1.807) is 22.5 Å². The van der Waals surface area contributed by atoms with E-state index in [9.17, 15) is 27.7 Å². The number of benzene rings is 2. The van der Waals surface area contributed by atoms with Gasteiger partial charge in [-0.15, -0.1) is 0 Å². The quantitative estimate of drug-likeness (QED) is 0.368. The molecule has 1 aromatic heterocycles. The van der Waals surface area contributed by atoms with E-state index in [-0.39, 0.29) is 46.6 Å². The lowest BCUT2D eigenvalue weighted by Gasteiger charge is -2.46. The second-order valence-corrected chi connectivity index (χ2v) is 14.6. The highest BCUT2D eigenvalue weighted by molar-refractivity contribution is 7.90. The number of rotatable bonds is 7. The number of hydrogen-bond donors (Lipinski definition) is 1. The van der Waals surface area contributed by atoms with Crippen molar-refractivity contribution in [2.45, 2.75) is 70.6 Å². The van der Waals surface area contributed by atoms with Crippen molar-refractivity contribution in [2.24, 2.45) is 0 Å². The van der Waals surface area contributed by atoms with Crippen molar-refractivity contribution in [2.75, 3.05) is 38.0 Å². The number of carbonyl (C=O) groups excluding carboxylic acids is 1. The number of carbonyl (C=O) groups is 1. The highest BCUT2D eigenvalue weighted by atomic mass is 32.2. The van der Waals surface area contributed by atoms with Crippen LogP contribution in [-0.2, 0) is 19.7 Å². The Kier molecular flexibility index (Phi) is 9.50. The Labute approximate surface area is 273 Å². The van der Waals surface area contributed by atoms with E-state index in [2.05, 4.69) is 9.71 Å². The van der Waals surface area contributed by atoms with Gasteiger partial charge in [-0.2, -0.15) is 18.0 Å². The average Bonchev–Trinajstić information content (AvgIpc) is 3.02. The predicted molar refractivity (Wildman–Crippen MR) is 172 cm³/mol. The van der Waals surface area contributed by atoms with Crippen LogP contribution in [0.1, 0.15) is 65.0 Å². The van der Waals surface area contributed by atoms with E-state index in [1.807, 2.05) is 26.8 Å². The molecule has 15 heteroatoms. The number of likely N-dealkylation sites (tertiary alicyclic amines) is 1. The second-order valence-electron chi connectivity index (χ2n) is 12.8. The molecule has 2 aliphatic rings. The van der Waals surface area contributed by atoms with Crippen molar-refractivity contribution in [3.63, 3.8) is 0 Å². The molecule has 1 amide bonds. The van der Waals surface area contributed by atoms with Gasteiger partial charge in [0.25, 0.3) is 5.56 Å². The maximum Gasteiger partial charge on any atom is 0.410 e. The smallest absolute Gasteiger partial charge is 0.410 e. The Hall–Kier alpha value is -4.26. The van der Waals surface area contributed by atoms with E-state index < -0.39 is 33.0 Å². The predicted octanol–water partition coefficient (Wildman–Crippen LogP) is 4.93. The van der Waals surface area contributed by atoms with Crippen LogP contribution in [0.5, 0.6) is 11.5 Å². The van der Waals surface area contributed by atoms with Crippen molar-refractivity contribution in [3.05, 3.63) is 58.4 Å². The molecule has 0 aliphatic carbocycles. The molecule has 1 atom stereocenters. The summed E-state index contributed by atoms with van der Waals surface area (Å²) in [4.78, 5) is 32.6. The van der Waals surface area contributed by atoms with E-state index >= 15 is 0 Å². The summed E-state index contributed by atoms with van der Waals surface area (Å²) >= 11 is 0. The highest BCUT2D eigenvalue weighted by Gasteiger charge is 2.42. The zero-order valence-corrected chi connectivity index (χ0v) is 27.9. The van der Waals surface area contributed by atoms with Crippen molar-refractivity contribution in [1.82, 2.24) is 18.8 Å². The summed E-state index contributed by atoms with van der Waals surface area (Å²) in [5, 5.41) is 10.1. The molecule has 252 valence electrons. The molecular weight excluding hydrogens is 631 g/mol. The summed E-state index contributed by atoms with van der Waals surface area (Å²) in [5.41, 5.74) is -1.51. The molecule has 13 nitrogen and oxygen atoms in total. The zero-order chi connectivity index (χ0) is 34.1. The Balaban J connectivity index is 1.38. The summed E-state index contributed by atoms with van der Waals surface area (Å²) in [5.74, 6) is -1.31. The number of nitrogens with one attached hydrogen (secondary N) is 1. The number of nitriles is 1. The van der Waals surface area contributed by atoms with Crippen LogP contribution in [0.25, 0.3) is 10.9 Å². The molecule has 5 rings (SSSR count). The van der Waals surface area contributed by atoms with Gasteiger partial charge in [-0.3, -0.25) is 14.1 Å². The van der Waals surface area contributed by atoms with Crippen molar-refractivity contribution in [1.29, 1.82) is 5.26 Å². The summed E-state index contributed by atoms with van der Waals surface area (Å²) in [6.07, 6.45) is 3.52. The Morgan fingerprint density at radius 2 is 1.98 bits per heavy atom. The fourth-order valence-electron chi connectivity index (χ4n) is 5.81. The number of nitrogens with zero attached hydrogens (tertiary/aromatic N) is 5. The minimum absolute atomic E-state index is 0.0631. The first-order valence-corrected chi connectivity index (χ1v) is 16.9. The molecule has 1 spiro atoms. The van der Waals surface area contributed by atoms with Crippen LogP contribution in [0, 0.1) is 17.1 Å². The largest absolute Gasteiger partial charge is 0.453 e. The molecule has 0 radical (unpaired) electrons. The lowest BCUT2D eigenvalue weighted by molar-refractivity contribution is -0.123. The molecule has 3 heterocycles. The van der Waals surface area contributed by atoms with Crippen molar-refractivity contribution in [3.8, 4) is 17.6 Å². The van der Waals surface area contributed by atoms with Crippen molar-refractivity contribution < 1.29 is 31.8 Å². The number of halogens is 1. The first kappa shape index (κ1) is 34.1. The Morgan fingerprint density at radius 3 is 2.64 bits per heavy atom. The number of aromatic nitrogens is 2. The Morgan fingerprint density at radius 1 is 1.26 bits per heavy atom. The minimum atomic E-state index is -4.00. The van der Waals surface area contributed by atoms with Crippen LogP contribution >= 0.6 is 0 Å². The number of piperidine rings is 1. The van der Waals surface area contributed by atoms with Crippen LogP contribution in [0.3, 0.4) is 0 Å². The number of hydrogen-bond acceptors (Lipinski definition) is 9. The number of anilines is 1. The van der Waals surface area contributed by atoms with E-state index in [0.717, 1.165) is 16.4 Å². The number of amides is 1. The topological polar surface area (TPSA) is 156 Å². The number of ether oxygens (including phenoxy) is 3. The Bertz CT molecular complexity index is 1880. The maximum absolute atomic E-state index is 15.0. The molecule has 3 aromatic rings. The van der Waals surface area contributed by atoms with Gasteiger partial charge in [-0.25, -0.2) is 14.2 Å². The van der Waals surface area contributed by atoms with Crippen LogP contribution in [0.15, 0.2) is 41.5 Å². The molecule has 2 saturated heterocycles. The molecular formula is C32H39FN6O7S. The minimum Gasteiger partial charge on any atom is -0.453 e. The second kappa shape index (κ2) is 13.1. The van der Waals surface area contributed by atoms with E-state index in [1.165, 1.54) is 25.5 Å². The van der Waals surface area contributed by atoms with Gasteiger partial charge in [0.05, 0.1) is 28.5 Å². The maximum atomic E-state index is 15.0. The van der Waals surface area contributed by atoms with Crippen LogP contribution in [-0.4, -0.2) is 77.8 Å². The standard InChI is InChI=1S/C32H39FN6O7S/c1-6-37(5)47(42,43)36-27-10-8-25(33)28(24(27)19-34)45-22-7-9-26-23(17-22)29(40)39(20-35-26)21-11-16-44-32(18-21)12-14-38(15-13-32)30(41)46-31(2,3)4/h7-10,17,20-21,36H,6,11-16,18H2,1-5H3. The summed E-state index contributed by atoms with van der Waals surface area (Å²) in [6, 6.07) is 8.23. The van der Waals surface area contributed by atoms with Crippen LogP contribution in [0.2, 0.25) is 0 Å². The normalized spacial score (nSPS) is 18.3. The molecule has 2 fully saturated rings. The van der Waals surface area contributed by atoms with Gasteiger partial charge in [0.15, 0.2) is 11.6 Å². The van der Waals surface area contributed by atoms with Gasteiger partial charge in [-0.05, 0) is 76.8 Å². The first-order valence-electron chi connectivity index (χ1n) is 15.4.